The van der Waals surface area contributed by atoms with Gasteiger partial charge in [-0.25, -0.2) is 0 Å². The Hall–Kier alpha value is -3.12. The van der Waals surface area contributed by atoms with Gasteiger partial charge in [0.2, 0.25) is 0 Å². The zero-order chi connectivity index (χ0) is 20.4. The second kappa shape index (κ2) is 8.09. The largest absolute Gasteiger partial charge is 0.497 e. The maximum Gasteiger partial charge on any atom is 0.256 e. The molecule has 0 radical (unpaired) electrons. The Kier molecular flexibility index (Phi) is 5.36. The second-order valence-corrected chi connectivity index (χ2v) is 7.34. The molecule has 1 saturated heterocycles. The summed E-state index contributed by atoms with van der Waals surface area (Å²) in [5.41, 5.74) is 2.91. The summed E-state index contributed by atoms with van der Waals surface area (Å²) in [6.45, 7) is 2.74. The highest BCUT2D eigenvalue weighted by Gasteiger charge is 2.29. The van der Waals surface area contributed by atoms with Crippen LogP contribution in [0.5, 0.6) is 5.75 Å². The molecule has 1 N–H and O–H groups in total. The average Bonchev–Trinajstić information content (AvgIpc) is 3.27. The molecule has 4 rings (SSSR count). The number of amides is 1. The van der Waals surface area contributed by atoms with Crippen molar-refractivity contribution >= 4 is 22.5 Å². The summed E-state index contributed by atoms with van der Waals surface area (Å²) in [4.78, 5) is 30.5. The fourth-order valence-electron chi connectivity index (χ4n) is 3.65. The molecule has 0 spiro atoms. The van der Waals surface area contributed by atoms with Gasteiger partial charge in [0.1, 0.15) is 11.9 Å². The lowest BCUT2D eigenvalue weighted by molar-refractivity contribution is -0.127. The van der Waals surface area contributed by atoms with E-state index in [1.807, 2.05) is 43.3 Å². The summed E-state index contributed by atoms with van der Waals surface area (Å²) in [6, 6.07) is 15.0. The first-order valence-electron chi connectivity index (χ1n) is 9.75. The highest BCUT2D eigenvalue weighted by molar-refractivity contribution is 5.96. The number of nitrogens with one attached hydrogen (secondary N) is 1. The van der Waals surface area contributed by atoms with Crippen molar-refractivity contribution in [1.29, 1.82) is 0 Å². The van der Waals surface area contributed by atoms with Crippen molar-refractivity contribution in [2.45, 2.75) is 32.4 Å². The van der Waals surface area contributed by atoms with Gasteiger partial charge >= 0.3 is 0 Å². The molecule has 2 heterocycles. The zero-order valence-electron chi connectivity index (χ0n) is 16.6. The van der Waals surface area contributed by atoms with Crippen LogP contribution in [0.15, 0.2) is 53.3 Å². The fourth-order valence-corrected chi connectivity index (χ4v) is 3.65. The van der Waals surface area contributed by atoms with Crippen molar-refractivity contribution in [3.8, 4) is 5.75 Å². The van der Waals surface area contributed by atoms with Crippen LogP contribution in [-0.2, 0) is 16.1 Å². The van der Waals surface area contributed by atoms with E-state index in [9.17, 15) is 9.59 Å². The summed E-state index contributed by atoms with van der Waals surface area (Å²) in [5, 5.41) is 0.935. The summed E-state index contributed by atoms with van der Waals surface area (Å²) < 4.78 is 10.8. The van der Waals surface area contributed by atoms with Gasteiger partial charge in [0, 0.05) is 23.4 Å². The van der Waals surface area contributed by atoms with Gasteiger partial charge in [0.15, 0.2) is 0 Å². The van der Waals surface area contributed by atoms with Crippen LogP contribution in [0, 0.1) is 6.92 Å². The lowest BCUT2D eigenvalue weighted by Crippen LogP contribution is -2.39. The van der Waals surface area contributed by atoms with Crippen molar-refractivity contribution in [3.05, 3.63) is 70.0 Å². The predicted molar refractivity (Wildman–Crippen MR) is 112 cm³/mol. The van der Waals surface area contributed by atoms with E-state index in [0.29, 0.717) is 30.0 Å². The number of hydrogen-bond acceptors (Lipinski definition) is 4. The number of H-pyrrole nitrogens is 1. The Balaban J connectivity index is 1.71. The van der Waals surface area contributed by atoms with Crippen LogP contribution in [0.2, 0.25) is 0 Å². The molecular weight excluding hydrogens is 368 g/mol. The average molecular weight is 392 g/mol. The third-order valence-electron chi connectivity index (χ3n) is 5.26. The van der Waals surface area contributed by atoms with Crippen LogP contribution in [0.3, 0.4) is 0 Å². The van der Waals surface area contributed by atoms with Gasteiger partial charge in [-0.3, -0.25) is 9.59 Å². The molecule has 6 heteroatoms. The molecule has 29 heavy (non-hydrogen) atoms. The number of aryl methyl sites for hydroxylation is 1. The van der Waals surface area contributed by atoms with Gasteiger partial charge < -0.3 is 19.4 Å². The van der Waals surface area contributed by atoms with Crippen molar-refractivity contribution in [2.75, 3.05) is 18.6 Å². The van der Waals surface area contributed by atoms with Gasteiger partial charge in [-0.1, -0.05) is 12.1 Å². The normalized spacial score (nSPS) is 16.1. The van der Waals surface area contributed by atoms with Crippen LogP contribution in [-0.4, -0.2) is 30.7 Å². The van der Waals surface area contributed by atoms with Crippen molar-refractivity contribution in [2.24, 2.45) is 0 Å². The minimum absolute atomic E-state index is 0.129. The Bertz CT molecular complexity index is 1080. The number of methoxy groups -OCH3 is 1. The van der Waals surface area contributed by atoms with E-state index in [4.69, 9.17) is 9.47 Å². The van der Waals surface area contributed by atoms with Crippen molar-refractivity contribution in [1.82, 2.24) is 4.98 Å². The van der Waals surface area contributed by atoms with Crippen LogP contribution in [0.4, 0.5) is 5.69 Å². The van der Waals surface area contributed by atoms with Gasteiger partial charge in [0.25, 0.3) is 11.5 Å². The van der Waals surface area contributed by atoms with E-state index in [2.05, 4.69) is 4.98 Å². The van der Waals surface area contributed by atoms with Crippen LogP contribution in [0.25, 0.3) is 10.9 Å². The van der Waals surface area contributed by atoms with Gasteiger partial charge in [-0.15, -0.1) is 0 Å². The number of carbonyl (C=O) groups is 1. The number of anilines is 1. The highest BCUT2D eigenvalue weighted by atomic mass is 16.5. The molecule has 6 nitrogen and oxygen atoms in total. The number of ether oxygens (including phenoxy) is 2. The van der Waals surface area contributed by atoms with E-state index in [0.717, 1.165) is 22.9 Å². The van der Waals surface area contributed by atoms with E-state index in [-0.39, 0.29) is 18.0 Å². The molecule has 1 aromatic heterocycles. The first kappa shape index (κ1) is 19.2. The van der Waals surface area contributed by atoms with Crippen LogP contribution < -0.4 is 15.2 Å². The smallest absolute Gasteiger partial charge is 0.256 e. The monoisotopic (exact) mass is 392 g/mol. The van der Waals surface area contributed by atoms with Gasteiger partial charge in [-0.05, 0) is 67.1 Å². The van der Waals surface area contributed by atoms with E-state index in [1.165, 1.54) is 0 Å². The standard InChI is InChI=1S/C23H24N2O4/c1-15-5-6-16-13-17(22(26)24-20(16)12-15)14-25(23(27)21-4-3-11-29-21)18-7-9-19(28-2)10-8-18/h5-10,12-13,21H,3-4,11,14H2,1-2H3,(H,24,26). The molecule has 0 saturated carbocycles. The molecule has 1 fully saturated rings. The number of rotatable bonds is 5. The topological polar surface area (TPSA) is 71.6 Å². The number of pyridine rings is 1. The van der Waals surface area contributed by atoms with Crippen molar-refractivity contribution < 1.29 is 14.3 Å². The SMILES string of the molecule is COc1ccc(N(Cc2cc3ccc(C)cc3[nH]c2=O)C(=O)C2CCCO2)cc1. The number of hydrogen-bond donors (Lipinski definition) is 1. The summed E-state index contributed by atoms with van der Waals surface area (Å²) in [7, 11) is 1.60. The highest BCUT2D eigenvalue weighted by Crippen LogP contribution is 2.25. The van der Waals surface area contributed by atoms with Crippen LogP contribution >= 0.6 is 0 Å². The first-order chi connectivity index (χ1) is 14.0. The quantitative estimate of drug-likeness (QED) is 0.721. The number of benzene rings is 2. The summed E-state index contributed by atoms with van der Waals surface area (Å²) in [5.74, 6) is 0.577. The minimum Gasteiger partial charge on any atom is -0.497 e. The molecule has 2 aromatic carbocycles. The molecule has 0 bridgehead atoms. The molecule has 1 atom stereocenters. The maximum atomic E-state index is 13.2. The molecule has 1 unspecified atom stereocenters. The second-order valence-electron chi connectivity index (χ2n) is 7.34. The van der Waals surface area contributed by atoms with E-state index < -0.39 is 6.10 Å². The molecule has 1 aliphatic rings. The van der Waals surface area contributed by atoms with E-state index in [1.54, 1.807) is 24.1 Å². The minimum atomic E-state index is -0.473. The first-order valence-corrected chi connectivity index (χ1v) is 9.75. The lowest BCUT2D eigenvalue weighted by atomic mass is 10.1. The summed E-state index contributed by atoms with van der Waals surface area (Å²) in [6.07, 6.45) is 1.08. The fraction of sp³-hybridized carbons (Fsp3) is 0.304. The molecular formula is C23H24N2O4. The number of carbonyl (C=O) groups excluding carboxylic acids is 1. The predicted octanol–water partition coefficient (Wildman–Crippen LogP) is 3.56. The van der Waals surface area contributed by atoms with Crippen molar-refractivity contribution in [3.63, 3.8) is 0 Å². The van der Waals surface area contributed by atoms with E-state index >= 15 is 0 Å². The van der Waals surface area contributed by atoms with Gasteiger partial charge in [-0.2, -0.15) is 0 Å². The Morgan fingerprint density at radius 1 is 1.21 bits per heavy atom. The molecule has 1 amide bonds. The molecule has 0 aliphatic carbocycles. The summed E-state index contributed by atoms with van der Waals surface area (Å²) >= 11 is 0. The van der Waals surface area contributed by atoms with Crippen LogP contribution in [0.1, 0.15) is 24.0 Å². The third kappa shape index (κ3) is 4.03. The Morgan fingerprint density at radius 2 is 2.00 bits per heavy atom. The number of aromatic amines is 1. The maximum absolute atomic E-state index is 13.2. The number of nitrogens with zero attached hydrogens (tertiary/aromatic N) is 1. The molecule has 150 valence electrons. The third-order valence-corrected chi connectivity index (χ3v) is 5.26. The molecule has 3 aromatic rings. The molecule has 1 aliphatic heterocycles. The lowest BCUT2D eigenvalue weighted by Gasteiger charge is -2.25. The zero-order valence-corrected chi connectivity index (χ0v) is 16.6. The Morgan fingerprint density at radius 3 is 2.69 bits per heavy atom. The number of aromatic nitrogens is 1. The Labute approximate surface area is 169 Å². The number of fused-ring (bicyclic) bond motifs is 1. The van der Waals surface area contributed by atoms with Gasteiger partial charge in [0.05, 0.1) is 13.7 Å².